The number of hydrogen-bond donors (Lipinski definition) is 0. The standard InChI is InChI=1S/C18H12.C16H11N.C16H11P.3C15H10N2/c1-2-8-14-13(7-1)15-9-3-4-11-17(15)18-12-6-5-10-16(14)18;1-3-11-4-2-6-14-15-10-17-8-7-12(15)9-13(5-1)16(11)14;1-3-11-4-2-6-15-14-7-8-17-10-13(14)9-12(5-1)16(11)15;1-3-10-4-2-6-13-14-9-17-16-8-12(14)7-11(5-1)15(10)13;1-2-10-4-7-17-15-13-5-6-16-9-12(13)8-11(3-1)14(10)15;1-2-10-8-11-9-16-6-4-12(11)13-5-7-17-14(3-1)15(10)13/h1-12H;2*1-10,16H;1-9,15H;1-9,14H;1-9,15H. The third-order valence-electron chi connectivity index (χ3n) is 21.3. The number of pyridine rings is 3. The van der Waals surface area contributed by atoms with Gasteiger partial charge in [-0.15, -0.1) is 0 Å². The highest BCUT2D eigenvalue weighted by molar-refractivity contribution is 7.28. The lowest BCUT2D eigenvalue weighted by molar-refractivity contribution is 0.904. The van der Waals surface area contributed by atoms with E-state index < -0.39 is 0 Å². The maximum Gasteiger partial charge on any atom is 0.0601 e. The van der Waals surface area contributed by atoms with E-state index in [1.807, 2.05) is 62.0 Å². The lowest BCUT2D eigenvalue weighted by Gasteiger charge is -2.32. The largest absolute Gasteiger partial charge is 0.264 e. The van der Waals surface area contributed by atoms with E-state index in [1.54, 1.807) is 0 Å². The van der Waals surface area contributed by atoms with E-state index >= 15 is 0 Å². The molecule has 7 nitrogen and oxygen atoms in total. The summed E-state index contributed by atoms with van der Waals surface area (Å²) < 4.78 is 0. The van der Waals surface area contributed by atoms with Crippen LogP contribution < -0.4 is 0 Å². The van der Waals surface area contributed by atoms with Crippen LogP contribution in [0.25, 0.3) is 85.0 Å². The van der Waals surface area contributed by atoms with E-state index in [-0.39, 0.29) is 0 Å². The maximum atomic E-state index is 4.57. The van der Waals surface area contributed by atoms with Crippen LogP contribution in [0.1, 0.15) is 55.6 Å². The van der Waals surface area contributed by atoms with Gasteiger partial charge in [0.2, 0.25) is 0 Å². The Morgan fingerprint density at radius 2 is 0.699 bits per heavy atom. The Kier molecular flexibility index (Phi) is 15.7. The molecule has 24 rings (SSSR count). The number of fused-ring (bicyclic) bond motifs is 16. The first-order valence-electron chi connectivity index (χ1n) is 35.1. The average molecular weight is 1330 g/mol. The van der Waals surface area contributed by atoms with E-state index in [0.29, 0.717) is 29.6 Å². The Labute approximate surface area is 600 Å². The molecule has 5 aromatic heterocycles. The molecule has 15 aliphatic rings. The van der Waals surface area contributed by atoms with Gasteiger partial charge < -0.3 is 0 Å². The molecule has 7 heterocycles. The molecule has 0 spiro atoms. The summed E-state index contributed by atoms with van der Waals surface area (Å²) in [4.78, 5) is 21.7. The third kappa shape index (κ3) is 11.1. The van der Waals surface area contributed by atoms with Crippen LogP contribution in [0.4, 0.5) is 0 Å². The summed E-state index contributed by atoms with van der Waals surface area (Å²) >= 11 is 0. The second-order valence-corrected chi connectivity index (χ2v) is 27.8. The van der Waals surface area contributed by atoms with Crippen LogP contribution in [-0.2, 0) is 0 Å². The molecule has 0 fully saturated rings. The van der Waals surface area contributed by atoms with Crippen LogP contribution in [0.5, 0.6) is 0 Å². The lowest BCUT2D eigenvalue weighted by atomic mass is 9.72. The highest BCUT2D eigenvalue weighted by Crippen LogP contribution is 2.50. The zero-order valence-corrected chi connectivity index (χ0v) is 56.9. The average Bonchev–Trinajstić information content (AvgIpc) is 0.776. The van der Waals surface area contributed by atoms with Gasteiger partial charge in [0.1, 0.15) is 0 Å². The van der Waals surface area contributed by atoms with Crippen molar-refractivity contribution >= 4 is 105 Å². The molecule has 103 heavy (non-hydrogen) atoms. The topological polar surface area (TPSA) is 89.2 Å². The fourth-order valence-corrected chi connectivity index (χ4v) is 17.5. The minimum absolute atomic E-state index is 0.319. The normalized spacial score (nSPS) is 21.3. The summed E-state index contributed by atoms with van der Waals surface area (Å²) in [5.74, 6) is 6.43. The third-order valence-corrected chi connectivity index (χ3v) is 22.0. The molecule has 5 atom stereocenters. The maximum absolute atomic E-state index is 4.57. The number of nitrogens with zero attached hydrogens (tertiary/aromatic N) is 7. The van der Waals surface area contributed by atoms with Gasteiger partial charge in [0, 0.05) is 101 Å². The number of aromatic nitrogens is 5. The van der Waals surface area contributed by atoms with Gasteiger partial charge in [-0.1, -0.05) is 227 Å². The summed E-state index contributed by atoms with van der Waals surface area (Å²) in [5.41, 5.74) is 32.6. The summed E-state index contributed by atoms with van der Waals surface area (Å²) in [6, 6.07) is 34.5. The highest BCUT2D eigenvalue weighted by atomic mass is 31.0. The minimum atomic E-state index is 0.319. The van der Waals surface area contributed by atoms with Gasteiger partial charge in [-0.2, -0.15) is 10.2 Å². The Morgan fingerprint density at radius 3 is 1.28 bits per heavy atom. The molecule has 0 saturated carbocycles. The van der Waals surface area contributed by atoms with Crippen molar-refractivity contribution < 1.29 is 0 Å². The zero-order valence-electron chi connectivity index (χ0n) is 56.0. The van der Waals surface area contributed by atoms with E-state index in [4.69, 9.17) is 0 Å². The smallest absolute Gasteiger partial charge is 0.0601 e. The van der Waals surface area contributed by atoms with Crippen LogP contribution in [-0.4, -0.2) is 37.1 Å². The minimum Gasteiger partial charge on any atom is -0.264 e. The summed E-state index contributed by atoms with van der Waals surface area (Å²) in [6.07, 6.45) is 86.5. The Balaban J connectivity index is 0.0000000853. The molecule has 0 amide bonds. The van der Waals surface area contributed by atoms with Crippen LogP contribution in [0.15, 0.2) is 388 Å². The van der Waals surface area contributed by atoms with Crippen molar-refractivity contribution in [2.45, 2.75) is 0 Å². The monoisotopic (exact) mass is 1330 g/mol. The first-order valence-corrected chi connectivity index (χ1v) is 36.1. The number of allylic oxidation sites excluding steroid dienone is 38. The Morgan fingerprint density at radius 1 is 0.291 bits per heavy atom. The van der Waals surface area contributed by atoms with Crippen molar-refractivity contribution in [1.82, 2.24) is 25.1 Å². The van der Waals surface area contributed by atoms with Gasteiger partial charge in [-0.3, -0.25) is 24.9 Å². The summed E-state index contributed by atoms with van der Waals surface area (Å²) in [6.45, 7) is 0. The van der Waals surface area contributed by atoms with E-state index in [0.717, 1.165) is 11.4 Å². The quantitative estimate of drug-likeness (QED) is 0.141. The van der Waals surface area contributed by atoms with Crippen LogP contribution >= 0.6 is 8.19 Å². The first kappa shape index (κ1) is 61.3. The molecule has 5 unspecified atom stereocenters. The molecule has 0 bridgehead atoms. The number of hydrogen-bond acceptors (Lipinski definition) is 7. The number of aliphatic imine (C=N–C) groups is 2. The summed E-state index contributed by atoms with van der Waals surface area (Å²) in [7, 11) is 1.29. The molecule has 0 N–H and O–H groups in total. The molecule has 0 saturated heterocycles. The molecular weight excluding hydrogens is 1270 g/mol. The predicted molar refractivity (Wildman–Crippen MR) is 430 cm³/mol. The highest BCUT2D eigenvalue weighted by Gasteiger charge is 2.35. The van der Waals surface area contributed by atoms with E-state index in [1.165, 1.54) is 169 Å². The molecule has 0 radical (unpaired) electrons. The number of benzene rings is 4. The zero-order chi connectivity index (χ0) is 68.2. The number of dihydropyridines is 1. The van der Waals surface area contributed by atoms with Gasteiger partial charge in [-0.05, 0) is 205 Å². The second kappa shape index (κ2) is 26.4. The van der Waals surface area contributed by atoms with Gasteiger partial charge >= 0.3 is 0 Å². The summed E-state index contributed by atoms with van der Waals surface area (Å²) in [5, 5.41) is 16.0. The molecule has 8 heteroatoms. The van der Waals surface area contributed by atoms with Gasteiger partial charge in [0.15, 0.2) is 0 Å². The van der Waals surface area contributed by atoms with Crippen molar-refractivity contribution in [2.75, 3.05) is 0 Å². The Hall–Kier alpha value is -12.8. The van der Waals surface area contributed by atoms with Gasteiger partial charge in [0.25, 0.3) is 0 Å². The first-order chi connectivity index (χ1) is 51.1. The van der Waals surface area contributed by atoms with E-state index in [2.05, 4.69) is 332 Å². The number of rotatable bonds is 0. The van der Waals surface area contributed by atoms with Gasteiger partial charge in [-0.25, -0.2) is 0 Å². The fourth-order valence-electron chi connectivity index (χ4n) is 16.8. The van der Waals surface area contributed by atoms with Crippen molar-refractivity contribution in [3.63, 3.8) is 0 Å². The van der Waals surface area contributed by atoms with Crippen LogP contribution in [0.3, 0.4) is 0 Å². The molecule has 4 aromatic carbocycles. The molecule has 13 aliphatic carbocycles. The van der Waals surface area contributed by atoms with Crippen LogP contribution in [0.2, 0.25) is 0 Å². The SMILES string of the molecule is C1=CC2=CC=CC3=Cc4ccncc4C(=C1)C23.C1=CC2=CC=CC3=Cc4cnncc4C(=C1)C23.C1=CC2=CC=CC3=Cc4cpccc4C(=C1)C23.C1=CC2=Cc3cnccc3C3=CC=NC(=C1)C23.C1=CC2=Cc3cnccc3C3=NC=CC(=C1)C23.c1ccc2c(c1)c1ccccc1c1ccccc21. The molecule has 9 aromatic rings. The molecule has 2 aliphatic heterocycles. The predicted octanol–water partition coefficient (Wildman–Crippen LogP) is 22.3. The molecular formula is C95H64N7P. The Bertz CT molecular complexity index is 5160. The van der Waals surface area contributed by atoms with Crippen molar-refractivity contribution in [2.24, 2.45) is 39.6 Å². The van der Waals surface area contributed by atoms with Crippen molar-refractivity contribution in [1.29, 1.82) is 0 Å². The van der Waals surface area contributed by atoms with Crippen LogP contribution in [0, 0.1) is 29.6 Å². The fraction of sp³-hybridized carbons (Fsp3) is 0.0526. The van der Waals surface area contributed by atoms with Gasteiger partial charge in [0.05, 0.1) is 35.6 Å². The van der Waals surface area contributed by atoms with Crippen molar-refractivity contribution in [3.8, 4) is 0 Å². The lowest BCUT2D eigenvalue weighted by Crippen LogP contribution is -2.26. The second-order valence-electron chi connectivity index (χ2n) is 27.0. The van der Waals surface area contributed by atoms with E-state index in [9.17, 15) is 0 Å². The molecule has 484 valence electrons. The van der Waals surface area contributed by atoms with Crippen molar-refractivity contribution in [3.05, 3.63) is 434 Å².